The van der Waals surface area contributed by atoms with Gasteiger partial charge in [-0.25, -0.2) is 4.98 Å². The summed E-state index contributed by atoms with van der Waals surface area (Å²) < 4.78 is 21.6. The molecule has 0 saturated heterocycles. The summed E-state index contributed by atoms with van der Waals surface area (Å²) in [6.07, 6.45) is 2.73. The number of hydrogen-bond donors (Lipinski definition) is 0. The van der Waals surface area contributed by atoms with Crippen LogP contribution >= 0.6 is 23.2 Å². The molecular formula is C21H20Cl2KN3O5. The van der Waals surface area contributed by atoms with Gasteiger partial charge in [0.25, 0.3) is 12.4 Å². The van der Waals surface area contributed by atoms with Crippen molar-refractivity contribution in [3.8, 4) is 34.5 Å². The van der Waals surface area contributed by atoms with Crippen molar-refractivity contribution in [1.29, 1.82) is 0 Å². The predicted molar refractivity (Wildman–Crippen MR) is 114 cm³/mol. The zero-order valence-electron chi connectivity index (χ0n) is 18.7. The van der Waals surface area contributed by atoms with Crippen LogP contribution < -0.4 is 60.9 Å². The summed E-state index contributed by atoms with van der Waals surface area (Å²) in [6, 6.07) is 6.89. The van der Waals surface area contributed by atoms with Crippen LogP contribution in [0.25, 0.3) is 22.8 Å². The van der Waals surface area contributed by atoms with E-state index in [1.807, 2.05) is 13.8 Å². The van der Waals surface area contributed by atoms with Crippen LogP contribution in [0, 0.1) is 0 Å². The molecule has 8 nitrogen and oxygen atoms in total. The molecule has 0 N–H and O–H groups in total. The fourth-order valence-electron chi connectivity index (χ4n) is 3.05. The molecule has 164 valence electrons. The molecule has 0 radical (unpaired) electrons. The maximum Gasteiger partial charge on any atom is 1.00 e. The van der Waals surface area contributed by atoms with Crippen molar-refractivity contribution in [3.05, 3.63) is 40.5 Å². The second kappa shape index (κ2) is 11.3. The van der Waals surface area contributed by atoms with Crippen molar-refractivity contribution >= 4 is 29.7 Å². The topological polar surface area (TPSA) is 96.6 Å². The number of nitrogens with zero attached hydrogens (tertiary/aromatic N) is 3. The van der Waals surface area contributed by atoms with Gasteiger partial charge in [-0.3, -0.25) is 4.79 Å². The van der Waals surface area contributed by atoms with E-state index in [0.717, 1.165) is 0 Å². The SMILES string of the molecule is CC(C)Oc1ncc(-c2nc(-c3ccc(OC4CC(OC=O)C4)cc3Cl)no2)cc1Cl.[H-].[K+]. The number of pyridine rings is 1. The normalized spacial score (nSPS) is 17.3. The Bertz CT molecular complexity index is 1100. The average Bonchev–Trinajstić information content (AvgIpc) is 3.17. The van der Waals surface area contributed by atoms with E-state index in [1.54, 1.807) is 30.5 Å². The molecule has 1 aliphatic rings. The summed E-state index contributed by atoms with van der Waals surface area (Å²) in [5.41, 5.74) is 1.16. The van der Waals surface area contributed by atoms with Crippen LogP contribution in [0.2, 0.25) is 10.0 Å². The van der Waals surface area contributed by atoms with E-state index in [9.17, 15) is 4.79 Å². The van der Waals surface area contributed by atoms with Crippen LogP contribution in [-0.4, -0.2) is 39.9 Å². The Hall–Kier alpha value is -1.20. The van der Waals surface area contributed by atoms with Crippen molar-refractivity contribution in [3.63, 3.8) is 0 Å². The van der Waals surface area contributed by atoms with Crippen molar-refractivity contribution in [2.24, 2.45) is 0 Å². The molecule has 0 amide bonds. The van der Waals surface area contributed by atoms with Crippen molar-refractivity contribution in [1.82, 2.24) is 15.1 Å². The number of carbonyl (C=O) groups excluding carboxylic acids is 1. The molecule has 1 saturated carbocycles. The molecule has 0 spiro atoms. The van der Waals surface area contributed by atoms with Crippen molar-refractivity contribution < 1.29 is 76.3 Å². The maximum absolute atomic E-state index is 10.3. The molecule has 1 aliphatic carbocycles. The molecule has 0 bridgehead atoms. The molecule has 0 atom stereocenters. The Morgan fingerprint density at radius 2 is 1.97 bits per heavy atom. The van der Waals surface area contributed by atoms with E-state index in [0.29, 0.717) is 57.9 Å². The van der Waals surface area contributed by atoms with E-state index in [4.69, 9.17) is 41.9 Å². The zero-order valence-corrected chi connectivity index (χ0v) is 22.4. The van der Waals surface area contributed by atoms with Crippen LogP contribution in [0.4, 0.5) is 0 Å². The van der Waals surface area contributed by atoms with Crippen molar-refractivity contribution in [2.45, 2.75) is 45.0 Å². The van der Waals surface area contributed by atoms with Crippen LogP contribution in [0.15, 0.2) is 35.0 Å². The summed E-state index contributed by atoms with van der Waals surface area (Å²) in [7, 11) is 0. The third-order valence-corrected chi connectivity index (χ3v) is 5.19. The predicted octanol–water partition coefficient (Wildman–Crippen LogP) is 2.09. The molecule has 0 aliphatic heterocycles. The van der Waals surface area contributed by atoms with Gasteiger partial charge in [0.2, 0.25) is 11.7 Å². The van der Waals surface area contributed by atoms with Gasteiger partial charge in [-0.05, 0) is 38.1 Å². The van der Waals surface area contributed by atoms with E-state index >= 15 is 0 Å². The summed E-state index contributed by atoms with van der Waals surface area (Å²) in [4.78, 5) is 18.9. The Morgan fingerprint density at radius 1 is 1.19 bits per heavy atom. The molecular weight excluding hydrogens is 484 g/mol. The fraction of sp³-hybridized carbons (Fsp3) is 0.333. The van der Waals surface area contributed by atoms with Crippen LogP contribution in [0.3, 0.4) is 0 Å². The van der Waals surface area contributed by atoms with Crippen LogP contribution in [-0.2, 0) is 9.53 Å². The minimum Gasteiger partial charge on any atom is -1.00 e. The molecule has 1 aromatic carbocycles. The Balaban J connectivity index is 0.00000193. The monoisotopic (exact) mass is 503 g/mol. The number of halogens is 2. The first kappa shape index (κ1) is 25.4. The number of rotatable bonds is 8. The van der Waals surface area contributed by atoms with Gasteiger partial charge in [-0.2, -0.15) is 4.98 Å². The maximum atomic E-state index is 10.3. The Morgan fingerprint density at radius 3 is 2.62 bits per heavy atom. The van der Waals surface area contributed by atoms with Crippen LogP contribution in [0.5, 0.6) is 11.6 Å². The zero-order chi connectivity index (χ0) is 22.0. The van der Waals surface area contributed by atoms with Crippen LogP contribution in [0.1, 0.15) is 28.1 Å². The third-order valence-electron chi connectivity index (χ3n) is 4.61. The second-order valence-electron chi connectivity index (χ2n) is 7.31. The summed E-state index contributed by atoms with van der Waals surface area (Å²) >= 11 is 12.7. The minimum absolute atomic E-state index is 0. The first-order chi connectivity index (χ1) is 14.9. The van der Waals surface area contributed by atoms with Gasteiger partial charge < -0.3 is 20.2 Å². The third kappa shape index (κ3) is 6.02. The molecule has 2 aromatic heterocycles. The van der Waals surface area contributed by atoms with E-state index in [1.165, 1.54) is 0 Å². The summed E-state index contributed by atoms with van der Waals surface area (Å²) in [5, 5.41) is 4.78. The van der Waals surface area contributed by atoms with Gasteiger partial charge in [-0.15, -0.1) is 0 Å². The molecule has 2 heterocycles. The van der Waals surface area contributed by atoms with Gasteiger partial charge in [-0.1, -0.05) is 28.4 Å². The van der Waals surface area contributed by atoms with E-state index in [-0.39, 0.29) is 77.0 Å². The fourth-order valence-corrected chi connectivity index (χ4v) is 3.51. The molecule has 0 unspecified atom stereocenters. The van der Waals surface area contributed by atoms with Crippen molar-refractivity contribution in [2.75, 3.05) is 0 Å². The smallest absolute Gasteiger partial charge is 1.00 e. The first-order valence-corrected chi connectivity index (χ1v) is 10.4. The molecule has 3 aromatic rings. The average molecular weight is 504 g/mol. The van der Waals surface area contributed by atoms with Gasteiger partial charge in [0, 0.05) is 24.6 Å². The number of carbonyl (C=O) groups is 1. The quantitative estimate of drug-likeness (QED) is 0.340. The summed E-state index contributed by atoms with van der Waals surface area (Å²) in [6.45, 7) is 4.24. The number of benzene rings is 1. The Kier molecular flexibility index (Phi) is 8.96. The number of aromatic nitrogens is 3. The molecule has 32 heavy (non-hydrogen) atoms. The second-order valence-corrected chi connectivity index (χ2v) is 8.12. The van der Waals surface area contributed by atoms with Gasteiger partial charge in [0.05, 0.1) is 16.7 Å². The van der Waals surface area contributed by atoms with E-state index < -0.39 is 0 Å². The minimum atomic E-state index is -0.0796. The summed E-state index contributed by atoms with van der Waals surface area (Å²) in [5.74, 6) is 1.54. The molecule has 4 rings (SSSR count). The largest absolute Gasteiger partial charge is 1.00 e. The van der Waals surface area contributed by atoms with E-state index in [2.05, 4.69) is 15.1 Å². The standard InChI is InChI=1S/C21H19Cl2N3O5.K.H/c1-11(2)29-21-18(23)5-12(9-24-21)20-25-19(26-31-20)16-4-3-13(8-17(16)22)30-15-6-14(7-15)28-10-27;;/h3-5,8-11,14-15H,6-7H2,1-2H3;;/q;+1;-1. The number of hydrogen-bond acceptors (Lipinski definition) is 8. The van der Waals surface area contributed by atoms with Gasteiger partial charge in [0.1, 0.15) is 23.0 Å². The molecule has 11 heteroatoms. The van der Waals surface area contributed by atoms with Gasteiger partial charge >= 0.3 is 51.4 Å². The first-order valence-electron chi connectivity index (χ1n) is 9.65. The Labute approximate surface area is 238 Å². The molecule has 1 fully saturated rings. The van der Waals surface area contributed by atoms with Gasteiger partial charge in [0.15, 0.2) is 0 Å². The number of ether oxygens (including phenoxy) is 3.